The third-order valence-corrected chi connectivity index (χ3v) is 14.7. The summed E-state index contributed by atoms with van der Waals surface area (Å²) in [6.45, 7) is 8.09. The van der Waals surface area contributed by atoms with E-state index < -0.39 is 30.2 Å². The number of amides is 4. The molecule has 2 aliphatic heterocycles. The molecule has 16 heteroatoms. The smallest absolute Gasteiger partial charge is 0.407 e. The summed E-state index contributed by atoms with van der Waals surface area (Å²) in [5.74, 6) is -2.53. The summed E-state index contributed by atoms with van der Waals surface area (Å²) in [6, 6.07) is 13.8. The minimum Gasteiger partial charge on any atom is -0.453 e. The van der Waals surface area contributed by atoms with Gasteiger partial charge in [0.05, 0.1) is 49.2 Å². The van der Waals surface area contributed by atoms with Gasteiger partial charge in [-0.3, -0.25) is 9.59 Å². The summed E-state index contributed by atoms with van der Waals surface area (Å²) in [5, 5.41) is 5.43. The first-order valence-corrected chi connectivity index (χ1v) is 22.6. The number of halogens is 2. The highest BCUT2D eigenvalue weighted by atomic mass is 19.3. The Bertz CT molecular complexity index is 2740. The second-order valence-corrected chi connectivity index (χ2v) is 19.4. The molecule has 3 aliphatic carbocycles. The van der Waals surface area contributed by atoms with E-state index in [0.717, 1.165) is 49.6 Å². The second kappa shape index (κ2) is 15.7. The molecule has 2 unspecified atom stereocenters. The number of ether oxygens (including phenoxy) is 2. The normalized spacial score (nSPS) is 22.9. The number of piperidine rings is 1. The number of methoxy groups -OCH3 is 2. The SMILES string of the molecule is COC(=O)NC(C(=O)N1CC2(CC2)C[C@H]1c1ncc(-c2ccc3c(c2)C(F)(F)c2cc(-c4ccc5nc([C@@H]6[C@H]7CC[C@H](C7)N6C(=O)C(NC(=O)OC)C(C)C)[nH]c5c4)ccc2-3)[nH]1)C(C)C. The fourth-order valence-corrected chi connectivity index (χ4v) is 11.0. The average molecular weight is 889 g/mol. The number of carbonyl (C=O) groups excluding carboxylic acids is 4. The summed E-state index contributed by atoms with van der Waals surface area (Å²) < 4.78 is 43.0. The third kappa shape index (κ3) is 7.19. The number of fused-ring (bicyclic) bond motifs is 6. The van der Waals surface area contributed by atoms with Crippen LogP contribution in [0.3, 0.4) is 0 Å². The number of aromatic amines is 2. The Morgan fingerprint density at radius 1 is 0.785 bits per heavy atom. The number of nitrogens with zero attached hydrogens (tertiary/aromatic N) is 4. The molecule has 10 rings (SSSR count). The van der Waals surface area contributed by atoms with Crippen molar-refractivity contribution in [2.75, 3.05) is 20.8 Å². The lowest BCUT2D eigenvalue weighted by Crippen LogP contribution is -2.54. The van der Waals surface area contributed by atoms with Gasteiger partial charge >= 0.3 is 12.2 Å². The maximum Gasteiger partial charge on any atom is 0.407 e. The Morgan fingerprint density at radius 2 is 1.40 bits per heavy atom. The average Bonchev–Trinajstić information content (AvgIpc) is 3.95. The summed E-state index contributed by atoms with van der Waals surface area (Å²) in [6.07, 6.45) is 5.75. The molecule has 0 radical (unpaired) electrons. The standard InChI is InChI=1S/C49H54F2N8O6/c1-24(2)39(56-46(62)64-5)44(60)58-23-48(15-16-48)21-38(58)42-52-22-37(55-42)28-9-13-32-31-12-8-26(18-33(31)49(50,51)34(32)19-28)27-10-14-35-36(20-27)54-43(53-35)41-29-7-11-30(17-29)59(41)45(61)40(25(3)4)57-47(63)65-6/h8-10,12-14,18-20,22,24-25,29-30,38-41H,7,11,15-17,21,23H2,1-6H3,(H,52,55)(H,53,54)(H,56,62)(H,57,63)/t29-,30+,38-,39?,40?,41-/m0/s1. The molecule has 4 N–H and O–H groups in total. The lowest BCUT2D eigenvalue weighted by Gasteiger charge is -2.37. The van der Waals surface area contributed by atoms with Gasteiger partial charge in [0.2, 0.25) is 11.8 Å². The Morgan fingerprint density at radius 3 is 2.05 bits per heavy atom. The minimum absolute atomic E-state index is 0.0102. The number of alkyl halides is 2. The zero-order chi connectivity index (χ0) is 45.7. The fraction of sp³-hybridized carbons (Fsp3) is 0.469. The van der Waals surface area contributed by atoms with Gasteiger partial charge in [0.15, 0.2) is 0 Å². The van der Waals surface area contributed by atoms with E-state index in [9.17, 15) is 19.2 Å². The van der Waals surface area contributed by atoms with Crippen molar-refractivity contribution in [1.29, 1.82) is 0 Å². The first kappa shape index (κ1) is 42.6. The van der Waals surface area contributed by atoms with Gasteiger partial charge in [-0.15, -0.1) is 0 Å². The van der Waals surface area contributed by atoms with Gasteiger partial charge < -0.3 is 39.9 Å². The number of benzene rings is 3. The van der Waals surface area contributed by atoms with Crippen LogP contribution in [0.1, 0.15) is 101 Å². The molecule has 4 fully saturated rings. The van der Waals surface area contributed by atoms with Crippen LogP contribution in [0.2, 0.25) is 0 Å². The molecule has 4 amide bonds. The number of H-pyrrole nitrogens is 2. The number of aromatic nitrogens is 4. The van der Waals surface area contributed by atoms with Crippen LogP contribution >= 0.6 is 0 Å². The number of likely N-dealkylation sites (tertiary alicyclic amines) is 2. The van der Waals surface area contributed by atoms with Crippen LogP contribution < -0.4 is 10.6 Å². The van der Waals surface area contributed by atoms with Crippen LogP contribution in [0.4, 0.5) is 18.4 Å². The topological polar surface area (TPSA) is 175 Å². The fourth-order valence-electron chi connectivity index (χ4n) is 11.0. The van der Waals surface area contributed by atoms with Crippen molar-refractivity contribution in [2.45, 2.75) is 102 Å². The van der Waals surface area contributed by atoms with E-state index in [2.05, 4.69) is 20.6 Å². The van der Waals surface area contributed by atoms with Crippen molar-refractivity contribution >= 4 is 35.0 Å². The van der Waals surface area contributed by atoms with E-state index in [1.807, 2.05) is 62.9 Å². The van der Waals surface area contributed by atoms with Gasteiger partial charge in [0, 0.05) is 29.3 Å². The predicted octanol–water partition coefficient (Wildman–Crippen LogP) is 8.61. The molecular formula is C49H54F2N8O6. The van der Waals surface area contributed by atoms with Crippen LogP contribution in [-0.4, -0.2) is 92.6 Å². The van der Waals surface area contributed by atoms with Crippen LogP contribution in [0, 0.1) is 23.2 Å². The van der Waals surface area contributed by atoms with Crippen molar-refractivity contribution in [2.24, 2.45) is 23.2 Å². The van der Waals surface area contributed by atoms with Gasteiger partial charge in [0.1, 0.15) is 23.7 Å². The molecule has 65 heavy (non-hydrogen) atoms. The highest BCUT2D eigenvalue weighted by molar-refractivity contribution is 5.89. The molecule has 2 saturated heterocycles. The number of rotatable bonds is 10. The molecule has 6 atom stereocenters. The van der Waals surface area contributed by atoms with Crippen LogP contribution in [0.5, 0.6) is 0 Å². The van der Waals surface area contributed by atoms with E-state index in [1.165, 1.54) is 20.3 Å². The van der Waals surface area contributed by atoms with Crippen molar-refractivity contribution < 1.29 is 37.4 Å². The number of nitrogens with one attached hydrogen (secondary N) is 4. The van der Waals surface area contributed by atoms with Gasteiger partial charge in [0.25, 0.3) is 5.92 Å². The molecule has 1 spiro atoms. The van der Waals surface area contributed by atoms with Crippen LogP contribution in [0.25, 0.3) is 44.5 Å². The van der Waals surface area contributed by atoms with Crippen LogP contribution in [-0.2, 0) is 25.0 Å². The van der Waals surface area contributed by atoms with Crippen LogP contribution in [0.15, 0.2) is 60.8 Å². The maximum absolute atomic E-state index is 16.7. The first-order chi connectivity index (χ1) is 31.1. The van der Waals surface area contributed by atoms with Gasteiger partial charge in [-0.25, -0.2) is 19.6 Å². The quantitative estimate of drug-likeness (QED) is 0.108. The number of hydrogen-bond donors (Lipinski definition) is 4. The largest absolute Gasteiger partial charge is 0.453 e. The van der Waals surface area contributed by atoms with Crippen molar-refractivity contribution in [3.05, 3.63) is 83.6 Å². The molecule has 5 aliphatic rings. The summed E-state index contributed by atoms with van der Waals surface area (Å²) in [5.41, 5.74) is 4.68. The molecule has 2 saturated carbocycles. The lowest BCUT2D eigenvalue weighted by atomic mass is 9.95. The molecule has 5 aromatic rings. The Hall–Kier alpha value is -6.32. The molecule has 2 aromatic heterocycles. The molecule has 14 nitrogen and oxygen atoms in total. The van der Waals surface area contributed by atoms with Gasteiger partial charge in [-0.2, -0.15) is 8.78 Å². The van der Waals surface area contributed by atoms with E-state index in [4.69, 9.17) is 19.4 Å². The zero-order valence-corrected chi connectivity index (χ0v) is 37.3. The molecule has 340 valence electrons. The van der Waals surface area contributed by atoms with E-state index in [1.54, 1.807) is 29.3 Å². The third-order valence-electron chi connectivity index (χ3n) is 14.7. The molecule has 4 heterocycles. The number of alkyl carbamates (subject to hydrolysis) is 2. The Balaban J connectivity index is 0.896. The van der Waals surface area contributed by atoms with E-state index in [0.29, 0.717) is 51.7 Å². The zero-order valence-electron chi connectivity index (χ0n) is 37.3. The number of hydrogen-bond acceptors (Lipinski definition) is 8. The molecule has 2 bridgehead atoms. The second-order valence-electron chi connectivity index (χ2n) is 19.4. The Kier molecular flexibility index (Phi) is 10.3. The Labute approximate surface area is 375 Å². The van der Waals surface area contributed by atoms with Crippen molar-refractivity contribution in [3.8, 4) is 33.5 Å². The summed E-state index contributed by atoms with van der Waals surface area (Å²) in [4.78, 5) is 72.6. The maximum atomic E-state index is 16.7. The van der Waals surface area contributed by atoms with Crippen molar-refractivity contribution in [1.82, 2.24) is 40.4 Å². The highest BCUT2D eigenvalue weighted by Crippen LogP contribution is 2.59. The lowest BCUT2D eigenvalue weighted by molar-refractivity contribution is -0.139. The first-order valence-electron chi connectivity index (χ1n) is 22.6. The predicted molar refractivity (Wildman–Crippen MR) is 237 cm³/mol. The van der Waals surface area contributed by atoms with Crippen molar-refractivity contribution in [3.63, 3.8) is 0 Å². The highest BCUT2D eigenvalue weighted by Gasteiger charge is 2.56. The molecular weight excluding hydrogens is 835 g/mol. The summed E-state index contributed by atoms with van der Waals surface area (Å²) >= 11 is 0. The molecule has 3 aromatic carbocycles. The number of imidazole rings is 2. The van der Waals surface area contributed by atoms with Gasteiger partial charge in [-0.1, -0.05) is 58.0 Å². The van der Waals surface area contributed by atoms with Gasteiger partial charge in [-0.05, 0) is 108 Å². The van der Waals surface area contributed by atoms with E-state index >= 15 is 8.78 Å². The van der Waals surface area contributed by atoms with E-state index in [-0.39, 0.29) is 64.2 Å². The monoisotopic (exact) mass is 888 g/mol. The number of carbonyl (C=O) groups is 4. The summed E-state index contributed by atoms with van der Waals surface area (Å²) in [7, 11) is 2.54. The minimum atomic E-state index is -3.29.